The van der Waals surface area contributed by atoms with Gasteiger partial charge in [-0.25, -0.2) is 4.79 Å². The van der Waals surface area contributed by atoms with Gasteiger partial charge in [0, 0.05) is 29.1 Å². The van der Waals surface area contributed by atoms with Crippen LogP contribution in [0.5, 0.6) is 0 Å². The minimum atomic E-state index is -0.267. The number of nitrogens with zero attached hydrogens (tertiary/aromatic N) is 1. The number of ketones is 1. The number of hydrogen-bond acceptors (Lipinski definition) is 3. The summed E-state index contributed by atoms with van der Waals surface area (Å²) in [6.07, 6.45) is 8.43. The second kappa shape index (κ2) is 7.90. The first-order valence-electron chi connectivity index (χ1n) is 9.75. The fraction of sp³-hybridized carbons (Fsp3) is 0.333. The van der Waals surface area contributed by atoms with E-state index in [0.717, 1.165) is 24.0 Å². The van der Waals surface area contributed by atoms with Crippen LogP contribution in [0.1, 0.15) is 47.2 Å². The lowest BCUT2D eigenvalue weighted by Gasteiger charge is -2.37. The van der Waals surface area contributed by atoms with Gasteiger partial charge in [-0.1, -0.05) is 48.4 Å². The predicted octanol–water partition coefficient (Wildman–Crippen LogP) is 4.43. The summed E-state index contributed by atoms with van der Waals surface area (Å²) in [7, 11) is 0. The molecule has 0 aromatic heterocycles. The molecule has 0 aliphatic carbocycles. The molecule has 0 spiro atoms. The van der Waals surface area contributed by atoms with Crippen LogP contribution in [-0.2, 0) is 11.3 Å². The van der Waals surface area contributed by atoms with Crippen LogP contribution in [0.2, 0.25) is 0 Å². The van der Waals surface area contributed by atoms with E-state index in [2.05, 4.69) is 5.92 Å². The Kier molecular flexibility index (Phi) is 5.16. The zero-order chi connectivity index (χ0) is 19.5. The quantitative estimate of drug-likeness (QED) is 0.588. The van der Waals surface area contributed by atoms with E-state index in [0.29, 0.717) is 18.4 Å². The van der Waals surface area contributed by atoms with E-state index in [9.17, 15) is 9.59 Å². The van der Waals surface area contributed by atoms with Crippen molar-refractivity contribution < 1.29 is 14.3 Å². The zero-order valence-corrected chi connectivity index (χ0v) is 15.7. The summed E-state index contributed by atoms with van der Waals surface area (Å²) in [5, 5.41) is 0. The Morgan fingerprint density at radius 1 is 1.04 bits per heavy atom. The highest BCUT2D eigenvalue weighted by Crippen LogP contribution is 2.40. The number of terminal acetylenes is 1. The van der Waals surface area contributed by atoms with Crippen molar-refractivity contribution in [1.82, 2.24) is 4.90 Å². The van der Waals surface area contributed by atoms with Crippen molar-refractivity contribution in [3.8, 4) is 12.3 Å². The van der Waals surface area contributed by atoms with E-state index in [4.69, 9.17) is 11.2 Å². The standard InChI is InChI=1S/C24H23NO3/c1-2-17-9-6-10-19(13-17)23(26)20-14-21-11-12-22(15-20)25(21)24(27)28-16-18-7-4-3-5-8-18/h1,3-10,13,20-22H,11-12,14-16H2. The topological polar surface area (TPSA) is 46.6 Å². The van der Waals surface area contributed by atoms with Gasteiger partial charge in [-0.2, -0.15) is 0 Å². The molecule has 0 radical (unpaired) electrons. The molecule has 4 heteroatoms. The number of Topliss-reactive ketones (excluding diaryl/α,β-unsaturated/α-hetero) is 1. The summed E-state index contributed by atoms with van der Waals surface area (Å²) in [5.41, 5.74) is 2.36. The van der Waals surface area contributed by atoms with Crippen LogP contribution in [-0.4, -0.2) is 28.9 Å². The van der Waals surface area contributed by atoms with Crippen LogP contribution in [0.25, 0.3) is 0 Å². The number of hydrogen-bond donors (Lipinski definition) is 0. The van der Waals surface area contributed by atoms with Crippen LogP contribution in [0.15, 0.2) is 54.6 Å². The Bertz CT molecular complexity index is 901. The van der Waals surface area contributed by atoms with Crippen molar-refractivity contribution in [3.05, 3.63) is 71.3 Å². The highest BCUT2D eigenvalue weighted by atomic mass is 16.6. The van der Waals surface area contributed by atoms with Gasteiger partial charge in [-0.3, -0.25) is 4.79 Å². The lowest BCUT2D eigenvalue weighted by atomic mass is 9.84. The fourth-order valence-corrected chi connectivity index (χ4v) is 4.48. The highest BCUT2D eigenvalue weighted by Gasteiger charge is 2.45. The van der Waals surface area contributed by atoms with Crippen LogP contribution in [0.3, 0.4) is 0 Å². The summed E-state index contributed by atoms with van der Waals surface area (Å²) >= 11 is 0. The smallest absolute Gasteiger partial charge is 0.410 e. The van der Waals surface area contributed by atoms with Gasteiger partial charge in [-0.15, -0.1) is 6.42 Å². The first-order chi connectivity index (χ1) is 13.7. The van der Waals surface area contributed by atoms with Gasteiger partial charge >= 0.3 is 6.09 Å². The molecule has 2 saturated heterocycles. The van der Waals surface area contributed by atoms with Crippen LogP contribution >= 0.6 is 0 Å². The number of carbonyl (C=O) groups is 2. The molecule has 4 rings (SSSR count). The molecule has 2 fully saturated rings. The SMILES string of the molecule is C#Cc1cccc(C(=O)C2CC3CCC(C2)N3C(=O)OCc2ccccc2)c1. The zero-order valence-electron chi connectivity index (χ0n) is 15.7. The first kappa shape index (κ1) is 18.3. The summed E-state index contributed by atoms with van der Waals surface area (Å²) in [4.78, 5) is 27.5. The molecule has 1 amide bonds. The Labute approximate surface area is 165 Å². The average Bonchev–Trinajstić information content (AvgIpc) is 3.01. The van der Waals surface area contributed by atoms with Crippen LogP contribution in [0, 0.1) is 18.3 Å². The molecule has 142 valence electrons. The van der Waals surface area contributed by atoms with Crippen molar-refractivity contribution in [3.63, 3.8) is 0 Å². The molecule has 2 heterocycles. The van der Waals surface area contributed by atoms with Crippen molar-refractivity contribution in [1.29, 1.82) is 0 Å². The molecular weight excluding hydrogens is 350 g/mol. The molecule has 0 N–H and O–H groups in total. The third-order valence-electron chi connectivity index (χ3n) is 5.83. The first-order valence-corrected chi connectivity index (χ1v) is 9.75. The van der Waals surface area contributed by atoms with Crippen molar-refractivity contribution in [2.24, 2.45) is 5.92 Å². The largest absolute Gasteiger partial charge is 0.445 e. The maximum Gasteiger partial charge on any atom is 0.410 e. The van der Waals surface area contributed by atoms with Gasteiger partial charge in [0.15, 0.2) is 5.78 Å². The summed E-state index contributed by atoms with van der Waals surface area (Å²) in [6.45, 7) is 0.275. The maximum absolute atomic E-state index is 13.0. The third-order valence-corrected chi connectivity index (χ3v) is 5.83. The molecular formula is C24H23NO3. The van der Waals surface area contributed by atoms with Gasteiger partial charge in [0.2, 0.25) is 0 Å². The monoisotopic (exact) mass is 373 g/mol. The molecule has 4 nitrogen and oxygen atoms in total. The number of fused-ring (bicyclic) bond motifs is 2. The second-order valence-corrected chi connectivity index (χ2v) is 7.59. The van der Waals surface area contributed by atoms with E-state index >= 15 is 0 Å². The minimum absolute atomic E-state index is 0.0660. The van der Waals surface area contributed by atoms with Crippen molar-refractivity contribution in [2.75, 3.05) is 0 Å². The predicted molar refractivity (Wildman–Crippen MR) is 107 cm³/mol. The Morgan fingerprint density at radius 3 is 2.43 bits per heavy atom. The molecule has 0 saturated carbocycles. The summed E-state index contributed by atoms with van der Waals surface area (Å²) in [6, 6.07) is 17.1. The van der Waals surface area contributed by atoms with Gasteiger partial charge < -0.3 is 9.64 Å². The van der Waals surface area contributed by atoms with E-state index in [1.807, 2.05) is 53.4 Å². The van der Waals surface area contributed by atoms with Gasteiger partial charge in [0.05, 0.1) is 0 Å². The molecule has 2 aliphatic rings. The summed E-state index contributed by atoms with van der Waals surface area (Å²) < 4.78 is 5.54. The van der Waals surface area contributed by atoms with Gasteiger partial charge in [-0.05, 0) is 43.4 Å². The van der Waals surface area contributed by atoms with Crippen LogP contribution in [0.4, 0.5) is 4.79 Å². The number of ether oxygens (including phenoxy) is 1. The molecule has 28 heavy (non-hydrogen) atoms. The van der Waals surface area contributed by atoms with E-state index in [1.165, 1.54) is 0 Å². The highest BCUT2D eigenvalue weighted by molar-refractivity contribution is 5.98. The van der Waals surface area contributed by atoms with Gasteiger partial charge in [0.25, 0.3) is 0 Å². The lowest BCUT2D eigenvalue weighted by Crippen LogP contribution is -2.48. The summed E-state index contributed by atoms with van der Waals surface area (Å²) in [5.74, 6) is 2.65. The molecule has 2 unspecified atom stereocenters. The Morgan fingerprint density at radius 2 is 1.75 bits per heavy atom. The van der Waals surface area contributed by atoms with E-state index < -0.39 is 0 Å². The van der Waals surface area contributed by atoms with Crippen molar-refractivity contribution in [2.45, 2.75) is 44.4 Å². The molecule has 2 bridgehead atoms. The van der Waals surface area contributed by atoms with E-state index in [-0.39, 0.29) is 36.5 Å². The minimum Gasteiger partial charge on any atom is -0.445 e. The Hall–Kier alpha value is -3.06. The third kappa shape index (κ3) is 3.66. The molecule has 2 aromatic rings. The van der Waals surface area contributed by atoms with Gasteiger partial charge in [0.1, 0.15) is 6.61 Å². The average molecular weight is 373 g/mol. The second-order valence-electron chi connectivity index (χ2n) is 7.59. The fourth-order valence-electron chi connectivity index (χ4n) is 4.48. The lowest BCUT2D eigenvalue weighted by molar-refractivity contribution is 0.0485. The van der Waals surface area contributed by atoms with Crippen LogP contribution < -0.4 is 0 Å². The molecule has 2 aliphatic heterocycles. The van der Waals surface area contributed by atoms with E-state index in [1.54, 1.807) is 6.07 Å². The maximum atomic E-state index is 13.0. The number of piperidine rings is 1. The normalized spacial score (nSPS) is 23.1. The number of amides is 1. The number of benzene rings is 2. The molecule has 2 aromatic carbocycles. The Balaban J connectivity index is 1.40. The number of rotatable bonds is 4. The van der Waals surface area contributed by atoms with Crippen molar-refractivity contribution >= 4 is 11.9 Å². The molecule has 2 atom stereocenters. The number of carbonyl (C=O) groups excluding carboxylic acids is 2.